The maximum atomic E-state index is 12.7. The number of nitrogens with two attached hydrogens (primary N) is 1. The van der Waals surface area contributed by atoms with Crippen LogP contribution < -0.4 is 5.73 Å². The molecular weight excluding hydrogens is 278 g/mol. The van der Waals surface area contributed by atoms with Crippen molar-refractivity contribution in [3.8, 4) is 0 Å². The SMILES string of the molecule is CN1CCN(S(=O)(=O)c2ccc(N)cc2)C(C)(C)C1=O. The number of nitrogen functional groups attached to an aromatic ring is 1. The van der Waals surface area contributed by atoms with Gasteiger partial charge in [0.05, 0.1) is 4.90 Å². The van der Waals surface area contributed by atoms with Gasteiger partial charge < -0.3 is 10.6 Å². The molecular formula is C13H19N3O3S. The Labute approximate surface area is 119 Å². The van der Waals surface area contributed by atoms with E-state index in [0.717, 1.165) is 0 Å². The number of carbonyl (C=O) groups is 1. The molecule has 0 aromatic heterocycles. The highest BCUT2D eigenvalue weighted by Crippen LogP contribution is 2.29. The standard InChI is InChI=1S/C13H19N3O3S/c1-13(2)12(17)15(3)8-9-16(13)20(18,19)11-6-4-10(14)5-7-11/h4-7H,8-9,14H2,1-3H3. The molecule has 0 atom stereocenters. The van der Waals surface area contributed by atoms with E-state index >= 15 is 0 Å². The maximum absolute atomic E-state index is 12.7. The number of amides is 1. The molecule has 7 heteroatoms. The topological polar surface area (TPSA) is 83.7 Å². The van der Waals surface area contributed by atoms with Crippen molar-refractivity contribution in [3.63, 3.8) is 0 Å². The molecule has 1 aromatic carbocycles. The first kappa shape index (κ1) is 14.8. The monoisotopic (exact) mass is 297 g/mol. The van der Waals surface area contributed by atoms with Crippen LogP contribution >= 0.6 is 0 Å². The number of sulfonamides is 1. The molecule has 1 amide bonds. The van der Waals surface area contributed by atoms with Crippen LogP contribution in [0.2, 0.25) is 0 Å². The van der Waals surface area contributed by atoms with E-state index in [0.29, 0.717) is 12.2 Å². The number of nitrogens with zero attached hydrogens (tertiary/aromatic N) is 2. The first-order chi connectivity index (χ1) is 9.17. The molecule has 0 spiro atoms. The van der Waals surface area contributed by atoms with Crippen molar-refractivity contribution in [1.29, 1.82) is 0 Å². The summed E-state index contributed by atoms with van der Waals surface area (Å²) in [6.45, 7) is 3.91. The van der Waals surface area contributed by atoms with Gasteiger partial charge >= 0.3 is 0 Å². The summed E-state index contributed by atoms with van der Waals surface area (Å²) in [6, 6.07) is 6.00. The lowest BCUT2D eigenvalue weighted by molar-refractivity contribution is -0.142. The molecule has 1 aromatic rings. The molecule has 1 fully saturated rings. The van der Waals surface area contributed by atoms with Crippen molar-refractivity contribution in [2.45, 2.75) is 24.3 Å². The molecule has 0 bridgehead atoms. The van der Waals surface area contributed by atoms with Crippen molar-refractivity contribution in [1.82, 2.24) is 9.21 Å². The Bertz CT molecular complexity index is 623. The van der Waals surface area contributed by atoms with Crippen LogP contribution in [0.4, 0.5) is 5.69 Å². The summed E-state index contributed by atoms with van der Waals surface area (Å²) < 4.78 is 26.6. The Kier molecular flexibility index (Phi) is 3.51. The number of carbonyl (C=O) groups excluding carboxylic acids is 1. The molecule has 0 radical (unpaired) electrons. The van der Waals surface area contributed by atoms with Crippen LogP contribution in [-0.4, -0.2) is 49.2 Å². The highest BCUT2D eigenvalue weighted by molar-refractivity contribution is 7.89. The molecule has 1 saturated heterocycles. The number of hydrogen-bond donors (Lipinski definition) is 1. The Balaban J connectivity index is 2.44. The number of likely N-dealkylation sites (N-methyl/N-ethyl adjacent to an activating group) is 1. The number of benzene rings is 1. The Hall–Kier alpha value is -1.60. The second-order valence-electron chi connectivity index (χ2n) is 5.43. The summed E-state index contributed by atoms with van der Waals surface area (Å²) in [4.78, 5) is 13.9. The normalized spacial score (nSPS) is 20.1. The summed E-state index contributed by atoms with van der Waals surface area (Å²) in [5, 5.41) is 0. The molecule has 20 heavy (non-hydrogen) atoms. The van der Waals surface area contributed by atoms with E-state index in [1.807, 2.05) is 0 Å². The summed E-state index contributed by atoms with van der Waals surface area (Å²) in [7, 11) is -2.03. The van der Waals surface area contributed by atoms with Gasteiger partial charge in [-0.05, 0) is 38.1 Å². The zero-order valence-corrected chi connectivity index (χ0v) is 12.6. The average Bonchev–Trinajstić information content (AvgIpc) is 2.36. The number of piperazine rings is 1. The van der Waals surface area contributed by atoms with Gasteiger partial charge in [-0.15, -0.1) is 0 Å². The van der Waals surface area contributed by atoms with Crippen LogP contribution in [0, 0.1) is 0 Å². The Morgan fingerprint density at radius 1 is 1.15 bits per heavy atom. The maximum Gasteiger partial charge on any atom is 0.244 e. The number of rotatable bonds is 2. The minimum absolute atomic E-state index is 0.150. The molecule has 0 saturated carbocycles. The van der Waals surface area contributed by atoms with Gasteiger partial charge in [-0.25, -0.2) is 8.42 Å². The zero-order valence-electron chi connectivity index (χ0n) is 11.8. The van der Waals surface area contributed by atoms with Gasteiger partial charge in [0.15, 0.2) is 0 Å². The van der Waals surface area contributed by atoms with Crippen molar-refractivity contribution >= 4 is 21.6 Å². The van der Waals surface area contributed by atoms with Crippen molar-refractivity contribution in [2.75, 3.05) is 25.9 Å². The number of anilines is 1. The van der Waals surface area contributed by atoms with E-state index in [2.05, 4.69) is 0 Å². The Morgan fingerprint density at radius 3 is 2.25 bits per heavy atom. The summed E-state index contributed by atoms with van der Waals surface area (Å²) in [5.41, 5.74) is 4.98. The van der Waals surface area contributed by atoms with Gasteiger partial charge in [-0.1, -0.05) is 0 Å². The fourth-order valence-corrected chi connectivity index (χ4v) is 4.12. The fraction of sp³-hybridized carbons (Fsp3) is 0.462. The van der Waals surface area contributed by atoms with Crippen LogP contribution in [-0.2, 0) is 14.8 Å². The molecule has 2 N–H and O–H groups in total. The van der Waals surface area contributed by atoms with E-state index in [9.17, 15) is 13.2 Å². The first-order valence-electron chi connectivity index (χ1n) is 6.31. The highest BCUT2D eigenvalue weighted by Gasteiger charge is 2.46. The molecule has 1 aliphatic heterocycles. The van der Waals surface area contributed by atoms with Gasteiger partial charge in [0.1, 0.15) is 5.54 Å². The van der Waals surface area contributed by atoms with E-state index < -0.39 is 15.6 Å². The lowest BCUT2D eigenvalue weighted by atomic mass is 10.0. The summed E-state index contributed by atoms with van der Waals surface area (Å²) in [5.74, 6) is -0.206. The molecule has 0 unspecified atom stereocenters. The van der Waals surface area contributed by atoms with Gasteiger partial charge in [0.25, 0.3) is 0 Å². The second-order valence-corrected chi connectivity index (χ2v) is 7.29. The van der Waals surface area contributed by atoms with E-state index in [1.54, 1.807) is 25.8 Å². The molecule has 110 valence electrons. The zero-order chi connectivity index (χ0) is 15.1. The quantitative estimate of drug-likeness (QED) is 0.806. The van der Waals surface area contributed by atoms with Gasteiger partial charge in [0, 0.05) is 25.8 Å². The molecule has 6 nitrogen and oxygen atoms in total. The fourth-order valence-electron chi connectivity index (χ4n) is 2.38. The molecule has 0 aliphatic carbocycles. The summed E-state index contributed by atoms with van der Waals surface area (Å²) >= 11 is 0. The van der Waals surface area contributed by atoms with Crippen LogP contribution in [0.1, 0.15) is 13.8 Å². The van der Waals surface area contributed by atoms with E-state index in [-0.39, 0.29) is 17.3 Å². The average molecular weight is 297 g/mol. The highest BCUT2D eigenvalue weighted by atomic mass is 32.2. The lowest BCUT2D eigenvalue weighted by Crippen LogP contribution is -2.63. The van der Waals surface area contributed by atoms with Gasteiger partial charge in [0.2, 0.25) is 15.9 Å². The summed E-state index contributed by atoms with van der Waals surface area (Å²) in [6.07, 6.45) is 0. The van der Waals surface area contributed by atoms with E-state index in [1.165, 1.54) is 28.6 Å². The first-order valence-corrected chi connectivity index (χ1v) is 7.75. The van der Waals surface area contributed by atoms with Crippen LogP contribution in [0.25, 0.3) is 0 Å². The van der Waals surface area contributed by atoms with Crippen molar-refractivity contribution < 1.29 is 13.2 Å². The predicted octanol–water partition coefficient (Wildman–Crippen LogP) is 0.510. The van der Waals surface area contributed by atoms with Crippen LogP contribution in [0.15, 0.2) is 29.2 Å². The number of hydrogen-bond acceptors (Lipinski definition) is 4. The van der Waals surface area contributed by atoms with Crippen molar-refractivity contribution in [2.24, 2.45) is 0 Å². The predicted molar refractivity (Wildman–Crippen MR) is 76.5 cm³/mol. The lowest BCUT2D eigenvalue weighted by Gasteiger charge is -2.43. The van der Waals surface area contributed by atoms with Crippen LogP contribution in [0.3, 0.4) is 0 Å². The smallest absolute Gasteiger partial charge is 0.244 e. The third-order valence-electron chi connectivity index (χ3n) is 3.60. The molecule has 1 heterocycles. The second kappa shape index (κ2) is 4.75. The minimum Gasteiger partial charge on any atom is -0.399 e. The molecule has 1 aliphatic rings. The minimum atomic E-state index is -3.71. The largest absolute Gasteiger partial charge is 0.399 e. The third kappa shape index (κ3) is 2.27. The van der Waals surface area contributed by atoms with Gasteiger partial charge in [-0.2, -0.15) is 4.31 Å². The Morgan fingerprint density at radius 2 is 1.70 bits per heavy atom. The van der Waals surface area contributed by atoms with Crippen LogP contribution in [0.5, 0.6) is 0 Å². The van der Waals surface area contributed by atoms with Gasteiger partial charge in [-0.3, -0.25) is 4.79 Å². The molecule has 2 rings (SSSR count). The van der Waals surface area contributed by atoms with Crippen molar-refractivity contribution in [3.05, 3.63) is 24.3 Å². The van der Waals surface area contributed by atoms with E-state index in [4.69, 9.17) is 5.73 Å². The third-order valence-corrected chi connectivity index (χ3v) is 5.69.